The third-order valence-electron chi connectivity index (χ3n) is 3.80. The maximum atomic E-state index is 12.5. The van der Waals surface area contributed by atoms with E-state index in [0.717, 1.165) is 11.1 Å². The summed E-state index contributed by atoms with van der Waals surface area (Å²) in [6.07, 6.45) is 1.57. The zero-order chi connectivity index (χ0) is 19.1. The van der Waals surface area contributed by atoms with E-state index in [1.54, 1.807) is 6.08 Å². The van der Waals surface area contributed by atoms with E-state index in [1.807, 2.05) is 62.4 Å². The molecule has 0 aliphatic heterocycles. The Morgan fingerprint density at radius 1 is 1.23 bits per heavy atom. The van der Waals surface area contributed by atoms with E-state index in [4.69, 9.17) is 4.74 Å². The number of hydrogen-bond acceptors (Lipinski definition) is 3. The Hall–Kier alpha value is -3.06. The van der Waals surface area contributed by atoms with Crippen LogP contribution in [0.4, 0.5) is 5.69 Å². The molecule has 0 spiro atoms. The number of rotatable bonds is 6. The Bertz CT molecular complexity index is 861. The lowest BCUT2D eigenvalue weighted by Crippen LogP contribution is -2.14. The van der Waals surface area contributed by atoms with Gasteiger partial charge in [0.2, 0.25) is 0 Å². The van der Waals surface area contributed by atoms with Crippen LogP contribution < -0.4 is 10.1 Å². The number of para-hydroxylation sites is 1. The van der Waals surface area contributed by atoms with Gasteiger partial charge in [-0.3, -0.25) is 4.79 Å². The lowest BCUT2D eigenvalue weighted by atomic mass is 10.1. The number of nitriles is 1. The average molecular weight is 348 g/mol. The molecule has 4 heteroatoms. The molecule has 1 amide bonds. The first-order valence-corrected chi connectivity index (χ1v) is 8.63. The van der Waals surface area contributed by atoms with Crippen LogP contribution in [0.15, 0.2) is 48.0 Å². The molecule has 26 heavy (non-hydrogen) atoms. The van der Waals surface area contributed by atoms with Crippen molar-refractivity contribution in [2.24, 2.45) is 5.92 Å². The third kappa shape index (κ3) is 5.22. The molecule has 134 valence electrons. The summed E-state index contributed by atoms with van der Waals surface area (Å²) in [6, 6.07) is 15.2. The van der Waals surface area contributed by atoms with Crippen LogP contribution in [0, 0.1) is 31.1 Å². The zero-order valence-electron chi connectivity index (χ0n) is 15.7. The second-order valence-electron chi connectivity index (χ2n) is 6.68. The summed E-state index contributed by atoms with van der Waals surface area (Å²) < 4.78 is 5.79. The van der Waals surface area contributed by atoms with Gasteiger partial charge < -0.3 is 10.1 Å². The summed E-state index contributed by atoms with van der Waals surface area (Å²) in [5.74, 6) is 0.614. The Morgan fingerprint density at radius 2 is 1.96 bits per heavy atom. The number of ether oxygens (including phenoxy) is 1. The molecule has 0 aromatic heterocycles. The van der Waals surface area contributed by atoms with Crippen LogP contribution in [-0.4, -0.2) is 12.5 Å². The van der Waals surface area contributed by atoms with Gasteiger partial charge in [0.1, 0.15) is 17.4 Å². The van der Waals surface area contributed by atoms with Crippen molar-refractivity contribution >= 4 is 17.7 Å². The molecule has 2 aromatic rings. The Labute approximate surface area is 155 Å². The van der Waals surface area contributed by atoms with Crippen LogP contribution in [0.3, 0.4) is 0 Å². The van der Waals surface area contributed by atoms with E-state index >= 15 is 0 Å². The fraction of sp³-hybridized carbons (Fsp3) is 0.273. The second-order valence-corrected chi connectivity index (χ2v) is 6.68. The van der Waals surface area contributed by atoms with E-state index in [2.05, 4.69) is 19.2 Å². The molecular weight excluding hydrogens is 324 g/mol. The van der Waals surface area contributed by atoms with Crippen LogP contribution >= 0.6 is 0 Å². The fourth-order valence-corrected chi connectivity index (χ4v) is 2.35. The highest BCUT2D eigenvalue weighted by Gasteiger charge is 2.12. The number of benzene rings is 2. The Kier molecular flexibility index (Phi) is 6.57. The van der Waals surface area contributed by atoms with E-state index in [1.165, 1.54) is 0 Å². The first kappa shape index (κ1) is 19.3. The molecule has 0 bridgehead atoms. The number of amides is 1. The minimum absolute atomic E-state index is 0.0338. The van der Waals surface area contributed by atoms with Crippen molar-refractivity contribution < 1.29 is 9.53 Å². The van der Waals surface area contributed by atoms with Crippen LogP contribution in [0.25, 0.3) is 6.08 Å². The highest BCUT2D eigenvalue weighted by Crippen LogP contribution is 2.23. The molecule has 0 saturated heterocycles. The standard InChI is InChI=1S/C22H24N2O2/c1-15(2)14-26-21-8-6-5-7-18(21)12-19(13-23)22(25)24-20-11-16(3)9-10-17(20)4/h5-12,15H,14H2,1-4H3,(H,24,25)/b19-12+. The fourth-order valence-electron chi connectivity index (χ4n) is 2.35. The molecule has 0 aliphatic rings. The number of anilines is 1. The van der Waals surface area contributed by atoms with Crippen molar-refractivity contribution in [1.82, 2.24) is 0 Å². The number of nitrogens with one attached hydrogen (secondary N) is 1. The molecule has 0 unspecified atom stereocenters. The van der Waals surface area contributed by atoms with Gasteiger partial charge >= 0.3 is 0 Å². The van der Waals surface area contributed by atoms with Gasteiger partial charge in [-0.15, -0.1) is 0 Å². The maximum absolute atomic E-state index is 12.5. The summed E-state index contributed by atoms with van der Waals surface area (Å²) in [4.78, 5) is 12.5. The van der Waals surface area contributed by atoms with Gasteiger partial charge in [0.05, 0.1) is 6.61 Å². The monoisotopic (exact) mass is 348 g/mol. The molecule has 0 radical (unpaired) electrons. The zero-order valence-corrected chi connectivity index (χ0v) is 15.7. The molecule has 0 aliphatic carbocycles. The SMILES string of the molecule is Cc1ccc(C)c(NC(=O)/C(C#N)=C/c2ccccc2OCC(C)C)c1. The molecule has 1 N–H and O–H groups in total. The first-order valence-electron chi connectivity index (χ1n) is 8.63. The summed E-state index contributed by atoms with van der Waals surface area (Å²) in [5, 5.41) is 12.3. The molecular formula is C22H24N2O2. The third-order valence-corrected chi connectivity index (χ3v) is 3.80. The van der Waals surface area contributed by atoms with Crippen molar-refractivity contribution in [3.8, 4) is 11.8 Å². The summed E-state index contributed by atoms with van der Waals surface area (Å²) in [5.41, 5.74) is 3.44. The largest absolute Gasteiger partial charge is 0.493 e. The molecule has 2 rings (SSSR count). The lowest BCUT2D eigenvalue weighted by Gasteiger charge is -2.12. The first-order chi connectivity index (χ1) is 12.4. The van der Waals surface area contributed by atoms with Crippen LogP contribution in [0.5, 0.6) is 5.75 Å². The average Bonchev–Trinajstić information content (AvgIpc) is 2.61. The van der Waals surface area contributed by atoms with Crippen molar-refractivity contribution in [2.75, 3.05) is 11.9 Å². The molecule has 0 saturated carbocycles. The second kappa shape index (κ2) is 8.87. The van der Waals surface area contributed by atoms with Gasteiger partial charge in [-0.05, 0) is 49.1 Å². The summed E-state index contributed by atoms with van der Waals surface area (Å²) in [6.45, 7) is 8.58. The van der Waals surface area contributed by atoms with Crippen molar-refractivity contribution in [2.45, 2.75) is 27.7 Å². The van der Waals surface area contributed by atoms with Crippen LogP contribution in [0.2, 0.25) is 0 Å². The summed E-state index contributed by atoms with van der Waals surface area (Å²) in [7, 11) is 0. The van der Waals surface area contributed by atoms with Gasteiger partial charge in [-0.1, -0.05) is 44.2 Å². The number of nitrogens with zero attached hydrogens (tertiary/aromatic N) is 1. The van der Waals surface area contributed by atoms with Gasteiger partial charge in [-0.2, -0.15) is 5.26 Å². The van der Waals surface area contributed by atoms with Crippen LogP contribution in [0.1, 0.15) is 30.5 Å². The predicted molar refractivity (Wildman–Crippen MR) is 105 cm³/mol. The van der Waals surface area contributed by atoms with E-state index in [-0.39, 0.29) is 5.57 Å². The highest BCUT2D eigenvalue weighted by atomic mass is 16.5. The van der Waals surface area contributed by atoms with E-state index < -0.39 is 5.91 Å². The number of aryl methyl sites for hydroxylation is 2. The predicted octanol–water partition coefficient (Wildman–Crippen LogP) is 4.88. The number of carbonyl (C=O) groups is 1. The van der Waals surface area contributed by atoms with Crippen molar-refractivity contribution in [1.29, 1.82) is 5.26 Å². The molecule has 0 fully saturated rings. The van der Waals surface area contributed by atoms with Gasteiger partial charge in [0.25, 0.3) is 5.91 Å². The number of carbonyl (C=O) groups excluding carboxylic acids is 1. The Morgan fingerprint density at radius 3 is 2.65 bits per heavy atom. The molecule has 4 nitrogen and oxygen atoms in total. The maximum Gasteiger partial charge on any atom is 0.266 e. The minimum atomic E-state index is -0.431. The van der Waals surface area contributed by atoms with E-state index in [0.29, 0.717) is 29.5 Å². The smallest absolute Gasteiger partial charge is 0.266 e. The van der Waals surface area contributed by atoms with E-state index in [9.17, 15) is 10.1 Å². The van der Waals surface area contributed by atoms with Crippen LogP contribution in [-0.2, 0) is 4.79 Å². The van der Waals surface area contributed by atoms with Crippen molar-refractivity contribution in [3.05, 3.63) is 64.7 Å². The molecule has 2 aromatic carbocycles. The molecule has 0 atom stereocenters. The van der Waals surface area contributed by atoms with Gasteiger partial charge in [0.15, 0.2) is 0 Å². The summed E-state index contributed by atoms with van der Waals surface area (Å²) >= 11 is 0. The topological polar surface area (TPSA) is 62.1 Å². The normalized spacial score (nSPS) is 11.2. The minimum Gasteiger partial charge on any atom is -0.493 e. The highest BCUT2D eigenvalue weighted by molar-refractivity contribution is 6.10. The van der Waals surface area contributed by atoms with Gasteiger partial charge in [0, 0.05) is 11.3 Å². The number of hydrogen-bond donors (Lipinski definition) is 1. The lowest BCUT2D eigenvalue weighted by molar-refractivity contribution is -0.112. The quantitative estimate of drug-likeness (QED) is 0.597. The Balaban J connectivity index is 2.26. The van der Waals surface area contributed by atoms with Crippen molar-refractivity contribution in [3.63, 3.8) is 0 Å². The molecule has 0 heterocycles. The van der Waals surface area contributed by atoms with Gasteiger partial charge in [-0.25, -0.2) is 0 Å².